The van der Waals surface area contributed by atoms with E-state index in [1.54, 1.807) is 30.4 Å². The number of ether oxygens (including phenoxy) is 3. The van der Waals surface area contributed by atoms with Gasteiger partial charge < -0.3 is 34.6 Å². The summed E-state index contributed by atoms with van der Waals surface area (Å²) in [5.41, 5.74) is 0.170. The van der Waals surface area contributed by atoms with E-state index in [0.717, 1.165) is 38.5 Å². The number of carbonyl (C=O) groups excluding carboxylic acids is 2. The lowest BCUT2D eigenvalue weighted by molar-refractivity contribution is -0.221. The first-order chi connectivity index (χ1) is 27.7. The number of esters is 2. The molecule has 0 bridgehead atoms. The monoisotopic (exact) mass is 810 g/mol. The van der Waals surface area contributed by atoms with Gasteiger partial charge in [-0.1, -0.05) is 65.3 Å². The summed E-state index contributed by atoms with van der Waals surface area (Å²) in [6.45, 7) is 13.9. The lowest BCUT2D eigenvalue weighted by Gasteiger charge is -2.71. The zero-order valence-corrected chi connectivity index (χ0v) is 35.7. The van der Waals surface area contributed by atoms with E-state index in [0.29, 0.717) is 42.6 Å². The summed E-state index contributed by atoms with van der Waals surface area (Å²) in [7, 11) is 1.48. The van der Waals surface area contributed by atoms with Gasteiger partial charge in [-0.3, -0.25) is 4.79 Å². The number of hydrogen-bond acceptors (Lipinski definition) is 9. The molecule has 0 aliphatic heterocycles. The Bertz CT molecular complexity index is 2090. The minimum atomic E-state index is -0.855. The number of carboxylic acid groups (broad SMARTS) is 1. The van der Waals surface area contributed by atoms with Gasteiger partial charge in [0, 0.05) is 23.0 Å². The molecule has 0 amide bonds. The van der Waals surface area contributed by atoms with Crippen LogP contribution in [0.1, 0.15) is 117 Å². The molecule has 2 aromatic carbocycles. The van der Waals surface area contributed by atoms with Crippen LogP contribution in [0.5, 0.6) is 23.0 Å². The van der Waals surface area contributed by atoms with Crippen molar-refractivity contribution in [2.24, 2.45) is 50.2 Å². The first-order valence-electron chi connectivity index (χ1n) is 21.3. The zero-order chi connectivity index (χ0) is 42.8. The molecule has 7 rings (SSSR count). The van der Waals surface area contributed by atoms with E-state index < -0.39 is 28.7 Å². The average molecular weight is 811 g/mol. The number of aliphatic carboxylic acids is 1. The minimum Gasteiger partial charge on any atom is -0.504 e. The topological polar surface area (TPSA) is 160 Å². The summed E-state index contributed by atoms with van der Waals surface area (Å²) in [4.78, 5) is 40.3. The van der Waals surface area contributed by atoms with Gasteiger partial charge in [-0.25, -0.2) is 9.59 Å². The van der Waals surface area contributed by atoms with Crippen molar-refractivity contribution in [3.05, 3.63) is 71.3 Å². The molecule has 318 valence electrons. The van der Waals surface area contributed by atoms with Crippen LogP contribution in [0.2, 0.25) is 0 Å². The van der Waals surface area contributed by atoms with E-state index >= 15 is 0 Å². The molecule has 59 heavy (non-hydrogen) atoms. The maximum absolute atomic E-state index is 13.6. The number of hydrogen-bond donors (Lipinski definition) is 4. The second-order valence-electron chi connectivity index (χ2n) is 20.2. The first kappa shape index (κ1) is 42.4. The van der Waals surface area contributed by atoms with Gasteiger partial charge in [-0.05, 0) is 146 Å². The predicted octanol–water partition coefficient (Wildman–Crippen LogP) is 9.86. The summed E-state index contributed by atoms with van der Waals surface area (Å²) < 4.78 is 17.8. The number of rotatable bonds is 9. The molecule has 4 saturated carbocycles. The normalized spacial score (nSPS) is 34.4. The quantitative estimate of drug-likeness (QED) is 0.0831. The van der Waals surface area contributed by atoms with E-state index in [1.165, 1.54) is 43.0 Å². The van der Waals surface area contributed by atoms with Crippen LogP contribution >= 0.6 is 0 Å². The molecular formula is C49H62O10. The number of methoxy groups -OCH3 is 1. The van der Waals surface area contributed by atoms with Crippen molar-refractivity contribution in [1.29, 1.82) is 0 Å². The number of carbonyl (C=O) groups is 3. The largest absolute Gasteiger partial charge is 0.504 e. The number of aromatic hydroxyl groups is 3. The smallest absolute Gasteiger partial charge is 0.331 e. The predicted molar refractivity (Wildman–Crippen MR) is 224 cm³/mol. The van der Waals surface area contributed by atoms with Crippen LogP contribution in [0, 0.1) is 50.2 Å². The summed E-state index contributed by atoms with van der Waals surface area (Å²) >= 11 is 0. The van der Waals surface area contributed by atoms with Gasteiger partial charge in [0.25, 0.3) is 0 Å². The molecule has 10 heteroatoms. The molecule has 0 aromatic heterocycles. The number of benzene rings is 2. The summed E-state index contributed by atoms with van der Waals surface area (Å²) in [6, 6.07) is 9.25. The van der Waals surface area contributed by atoms with Gasteiger partial charge in [0.15, 0.2) is 23.0 Å². The Morgan fingerprint density at radius 1 is 0.763 bits per heavy atom. The maximum atomic E-state index is 13.6. The molecule has 2 aromatic rings. The van der Waals surface area contributed by atoms with Crippen LogP contribution < -0.4 is 4.74 Å². The number of phenolic OH excluding ortho intramolecular Hbond substituents is 3. The fourth-order valence-electron chi connectivity index (χ4n) is 13.1. The molecule has 4 fully saturated rings. The van der Waals surface area contributed by atoms with E-state index in [1.807, 2.05) is 0 Å². The Balaban J connectivity index is 1.19. The Morgan fingerprint density at radius 3 is 2.10 bits per heavy atom. The molecule has 8 atom stereocenters. The molecule has 5 aliphatic rings. The summed E-state index contributed by atoms with van der Waals surface area (Å²) in [6.07, 6.45) is 15.6. The Kier molecular flexibility index (Phi) is 10.8. The van der Waals surface area contributed by atoms with E-state index in [9.17, 15) is 34.8 Å². The number of allylic oxidation sites excluding steroid dienone is 1. The third kappa shape index (κ3) is 7.12. The van der Waals surface area contributed by atoms with Crippen LogP contribution in [0.25, 0.3) is 12.2 Å². The van der Waals surface area contributed by atoms with Crippen LogP contribution in [0.3, 0.4) is 0 Å². The highest BCUT2D eigenvalue weighted by atomic mass is 16.5. The highest BCUT2D eigenvalue weighted by Crippen LogP contribution is 2.76. The molecule has 0 radical (unpaired) electrons. The summed E-state index contributed by atoms with van der Waals surface area (Å²) in [5.74, 6) is -1.56. The van der Waals surface area contributed by atoms with Crippen molar-refractivity contribution in [3.8, 4) is 23.0 Å². The van der Waals surface area contributed by atoms with E-state index in [2.05, 4.69) is 47.6 Å². The van der Waals surface area contributed by atoms with Gasteiger partial charge >= 0.3 is 17.9 Å². The molecule has 0 saturated heterocycles. The SMILES string of the molecule is COc1cc(/C=C/C(=O)O[C@H]2CC[C@@]3(C)C(CC[C@]4(C)C3CC=C3[C@@H]5CC(C)(C)CC[C@]5(C(=O)O)CC[C@]34COC(=O)/C=C/c3ccc(O)c(O)c3)C2(C)C)ccc1O. The third-order valence-electron chi connectivity index (χ3n) is 16.4. The lowest BCUT2D eigenvalue weighted by atomic mass is 9.33. The zero-order valence-electron chi connectivity index (χ0n) is 35.7. The molecule has 0 heterocycles. The minimum absolute atomic E-state index is 0.0240. The van der Waals surface area contributed by atoms with Crippen LogP contribution in [-0.2, 0) is 23.9 Å². The highest BCUT2D eigenvalue weighted by molar-refractivity contribution is 5.88. The van der Waals surface area contributed by atoms with Crippen LogP contribution in [0.4, 0.5) is 0 Å². The molecule has 0 spiro atoms. The van der Waals surface area contributed by atoms with Crippen molar-refractivity contribution < 1.29 is 49.0 Å². The van der Waals surface area contributed by atoms with Gasteiger partial charge in [0.2, 0.25) is 0 Å². The Labute approximate surface area is 348 Å². The standard InChI is InChI=1S/C49H62O10/c1-44(2)22-23-48(43(55)56)24-25-49(29-58-41(53)16-10-30-8-13-34(50)36(52)26-30)32(33(48)28-44)12-15-39-46(5)20-19-40(45(3,4)38(46)18-21-47(39,49)6)59-42(54)17-11-31-9-14-35(51)37(27-31)57-7/h8-14,16-17,26-27,33,38-40,50-52H,15,18-25,28-29H2,1-7H3,(H,55,56)/b16-10+,17-11+/t33-,38?,39?,40-,46-,47+,48-,49-/m0/s1. The first-order valence-corrected chi connectivity index (χ1v) is 21.3. The maximum Gasteiger partial charge on any atom is 0.331 e. The van der Waals surface area contributed by atoms with Crippen LogP contribution in [-0.4, -0.2) is 58.2 Å². The Morgan fingerprint density at radius 2 is 1.42 bits per heavy atom. The van der Waals surface area contributed by atoms with Gasteiger partial charge in [0.1, 0.15) is 12.7 Å². The van der Waals surface area contributed by atoms with Crippen LogP contribution in [0.15, 0.2) is 60.2 Å². The van der Waals surface area contributed by atoms with Gasteiger partial charge in [-0.2, -0.15) is 0 Å². The fourth-order valence-corrected chi connectivity index (χ4v) is 13.1. The van der Waals surface area contributed by atoms with E-state index in [4.69, 9.17) is 14.2 Å². The summed E-state index contributed by atoms with van der Waals surface area (Å²) in [5, 5.41) is 40.7. The molecule has 4 N–H and O–H groups in total. The second-order valence-corrected chi connectivity index (χ2v) is 20.2. The Hall–Kier alpha value is -4.73. The molecular weight excluding hydrogens is 749 g/mol. The molecule has 10 nitrogen and oxygen atoms in total. The highest BCUT2D eigenvalue weighted by Gasteiger charge is 2.71. The van der Waals surface area contributed by atoms with Crippen molar-refractivity contribution in [2.45, 2.75) is 112 Å². The lowest BCUT2D eigenvalue weighted by Crippen LogP contribution is -2.67. The van der Waals surface area contributed by atoms with Crippen molar-refractivity contribution >= 4 is 30.1 Å². The van der Waals surface area contributed by atoms with Gasteiger partial charge in [-0.15, -0.1) is 0 Å². The van der Waals surface area contributed by atoms with Gasteiger partial charge in [0.05, 0.1) is 12.5 Å². The van der Waals surface area contributed by atoms with Crippen molar-refractivity contribution in [2.75, 3.05) is 13.7 Å². The number of fused-ring (bicyclic) bond motifs is 7. The third-order valence-corrected chi connectivity index (χ3v) is 16.4. The van der Waals surface area contributed by atoms with Crippen molar-refractivity contribution in [1.82, 2.24) is 0 Å². The molecule has 2 unspecified atom stereocenters. The number of carboxylic acids is 1. The van der Waals surface area contributed by atoms with Crippen molar-refractivity contribution in [3.63, 3.8) is 0 Å². The van der Waals surface area contributed by atoms with E-state index in [-0.39, 0.29) is 69.4 Å². The number of phenols is 3. The average Bonchev–Trinajstić information content (AvgIpc) is 3.18. The second kappa shape index (κ2) is 15.1. The fraction of sp³-hybridized carbons (Fsp3) is 0.571. The molecule has 5 aliphatic carbocycles.